The van der Waals surface area contributed by atoms with Crippen LogP contribution in [-0.2, 0) is 0 Å². The molecule has 0 heterocycles. The number of hydrogen-bond acceptors (Lipinski definition) is 0. The van der Waals surface area contributed by atoms with E-state index in [2.05, 4.69) is 196 Å². The van der Waals surface area contributed by atoms with Crippen LogP contribution in [-0.4, -0.2) is 8.07 Å². The maximum absolute atomic E-state index is 2.43. The highest BCUT2D eigenvalue weighted by Gasteiger charge is 2.23. The van der Waals surface area contributed by atoms with Gasteiger partial charge >= 0.3 is 0 Å². The molecular formula is C47H38Si. The fourth-order valence-corrected chi connectivity index (χ4v) is 8.41. The molecule has 8 aromatic carbocycles. The van der Waals surface area contributed by atoms with Gasteiger partial charge in [-0.05, 0) is 83.2 Å². The molecule has 230 valence electrons. The Morgan fingerprint density at radius 1 is 0.292 bits per heavy atom. The van der Waals surface area contributed by atoms with Crippen LogP contribution in [0.5, 0.6) is 0 Å². The van der Waals surface area contributed by atoms with Gasteiger partial charge in [0.15, 0.2) is 0 Å². The Kier molecular flexibility index (Phi) is 7.63. The first kappa shape index (κ1) is 29.9. The third kappa shape index (κ3) is 5.37. The number of hydrogen-bond donors (Lipinski definition) is 0. The molecule has 8 rings (SSSR count). The fourth-order valence-electron chi connectivity index (χ4n) is 7.24. The van der Waals surface area contributed by atoms with Gasteiger partial charge in [-0.2, -0.15) is 0 Å². The average molecular weight is 631 g/mol. The van der Waals surface area contributed by atoms with E-state index >= 15 is 0 Å². The Hall–Kier alpha value is -5.50. The minimum atomic E-state index is -1.45. The van der Waals surface area contributed by atoms with Crippen LogP contribution in [0.25, 0.3) is 77.2 Å². The van der Waals surface area contributed by atoms with Crippen molar-refractivity contribution in [1.82, 2.24) is 0 Å². The lowest BCUT2D eigenvalue weighted by Crippen LogP contribution is -2.37. The van der Waals surface area contributed by atoms with E-state index in [1.54, 1.807) is 0 Å². The highest BCUT2D eigenvalue weighted by Crippen LogP contribution is 2.49. The standard InChI is InChI=1S/C47H38Si/c1-48(2,3)38-29-26-36(27-30-38)45-41-22-13-14-23-42(41)47(43-31-28-37(32-44(43)45)33-16-7-4-8-17-33)46-39(34-18-9-5-10-19-34)24-15-25-40(46)35-20-11-6-12-21-35/h4-32H,1-3H3. The molecule has 0 aromatic heterocycles. The normalized spacial score (nSPS) is 11.6. The molecule has 0 atom stereocenters. The van der Waals surface area contributed by atoms with Crippen LogP contribution in [0.1, 0.15) is 0 Å². The third-order valence-corrected chi connectivity index (χ3v) is 11.7. The summed E-state index contributed by atoms with van der Waals surface area (Å²) in [5.41, 5.74) is 12.5. The fraction of sp³-hybridized carbons (Fsp3) is 0.0638. The molecule has 0 saturated heterocycles. The first-order chi connectivity index (χ1) is 23.5. The van der Waals surface area contributed by atoms with Crippen LogP contribution in [0.15, 0.2) is 176 Å². The van der Waals surface area contributed by atoms with E-state index in [-0.39, 0.29) is 0 Å². The summed E-state index contributed by atoms with van der Waals surface area (Å²) in [4.78, 5) is 0. The largest absolute Gasteiger partial charge is 0.0775 e. The maximum Gasteiger partial charge on any atom is 0.0775 e. The van der Waals surface area contributed by atoms with Crippen LogP contribution < -0.4 is 5.19 Å². The van der Waals surface area contributed by atoms with Gasteiger partial charge in [0, 0.05) is 0 Å². The van der Waals surface area contributed by atoms with Crippen LogP contribution in [0.3, 0.4) is 0 Å². The molecule has 0 saturated carbocycles. The van der Waals surface area contributed by atoms with Crippen LogP contribution >= 0.6 is 0 Å². The molecule has 0 aliphatic rings. The van der Waals surface area contributed by atoms with Gasteiger partial charge in [0.2, 0.25) is 0 Å². The summed E-state index contributed by atoms with van der Waals surface area (Å²) >= 11 is 0. The van der Waals surface area contributed by atoms with E-state index in [0.717, 1.165) is 0 Å². The summed E-state index contributed by atoms with van der Waals surface area (Å²) in [5.74, 6) is 0. The minimum Gasteiger partial charge on any atom is -0.0656 e. The Bertz CT molecular complexity index is 2320. The molecule has 48 heavy (non-hydrogen) atoms. The number of benzene rings is 8. The average Bonchev–Trinajstić information content (AvgIpc) is 3.14. The molecule has 0 aliphatic heterocycles. The number of fused-ring (bicyclic) bond motifs is 2. The summed E-state index contributed by atoms with van der Waals surface area (Å²) in [6.07, 6.45) is 0. The zero-order valence-corrected chi connectivity index (χ0v) is 28.7. The van der Waals surface area contributed by atoms with E-state index in [9.17, 15) is 0 Å². The topological polar surface area (TPSA) is 0 Å². The summed E-state index contributed by atoms with van der Waals surface area (Å²) < 4.78 is 0. The highest BCUT2D eigenvalue weighted by molar-refractivity contribution is 6.88. The molecule has 0 N–H and O–H groups in total. The van der Waals surface area contributed by atoms with Crippen molar-refractivity contribution in [2.75, 3.05) is 0 Å². The van der Waals surface area contributed by atoms with Crippen LogP contribution in [0, 0.1) is 0 Å². The maximum atomic E-state index is 2.43. The summed E-state index contributed by atoms with van der Waals surface area (Å²) in [6, 6.07) is 64.9. The van der Waals surface area contributed by atoms with Crippen molar-refractivity contribution in [2.45, 2.75) is 19.6 Å². The van der Waals surface area contributed by atoms with Gasteiger partial charge in [0.25, 0.3) is 0 Å². The van der Waals surface area contributed by atoms with Crippen molar-refractivity contribution in [3.63, 3.8) is 0 Å². The lowest BCUT2D eigenvalue weighted by Gasteiger charge is -2.23. The van der Waals surface area contributed by atoms with Crippen molar-refractivity contribution >= 4 is 34.8 Å². The Balaban J connectivity index is 1.54. The highest BCUT2D eigenvalue weighted by atomic mass is 28.3. The summed E-state index contributed by atoms with van der Waals surface area (Å²) in [7, 11) is -1.45. The SMILES string of the molecule is C[Si](C)(C)c1ccc(-c2c3ccccc3c(-c3c(-c4ccccc4)cccc3-c3ccccc3)c3ccc(-c4ccccc4)cc23)cc1. The second-order valence-electron chi connectivity index (χ2n) is 13.7. The third-order valence-electron chi connectivity index (χ3n) is 9.65. The van der Waals surface area contributed by atoms with Crippen LogP contribution in [0.4, 0.5) is 0 Å². The molecule has 0 bridgehead atoms. The first-order valence-electron chi connectivity index (χ1n) is 16.9. The van der Waals surface area contributed by atoms with Crippen molar-refractivity contribution in [3.05, 3.63) is 176 Å². The van der Waals surface area contributed by atoms with Crippen molar-refractivity contribution in [3.8, 4) is 55.6 Å². The van der Waals surface area contributed by atoms with E-state index in [4.69, 9.17) is 0 Å². The zero-order valence-electron chi connectivity index (χ0n) is 27.7. The van der Waals surface area contributed by atoms with Gasteiger partial charge < -0.3 is 0 Å². The van der Waals surface area contributed by atoms with Gasteiger partial charge in [-0.1, -0.05) is 195 Å². The molecule has 0 nitrogen and oxygen atoms in total. The molecule has 0 fully saturated rings. The van der Waals surface area contributed by atoms with Gasteiger partial charge in [0.1, 0.15) is 0 Å². The lowest BCUT2D eigenvalue weighted by atomic mass is 9.80. The monoisotopic (exact) mass is 630 g/mol. The smallest absolute Gasteiger partial charge is 0.0656 e. The predicted molar refractivity (Wildman–Crippen MR) is 212 cm³/mol. The van der Waals surface area contributed by atoms with E-state index < -0.39 is 8.07 Å². The molecule has 0 spiro atoms. The van der Waals surface area contributed by atoms with E-state index in [1.165, 1.54) is 82.4 Å². The van der Waals surface area contributed by atoms with E-state index in [0.29, 0.717) is 0 Å². The molecule has 0 aliphatic carbocycles. The zero-order chi connectivity index (χ0) is 32.7. The molecule has 0 amide bonds. The minimum absolute atomic E-state index is 1.22. The molecule has 8 aromatic rings. The first-order valence-corrected chi connectivity index (χ1v) is 20.4. The molecule has 0 unspecified atom stereocenters. The Morgan fingerprint density at radius 3 is 1.29 bits per heavy atom. The van der Waals surface area contributed by atoms with Gasteiger partial charge in [-0.3, -0.25) is 0 Å². The summed E-state index contributed by atoms with van der Waals surface area (Å²) in [6.45, 7) is 7.26. The van der Waals surface area contributed by atoms with Crippen molar-refractivity contribution in [1.29, 1.82) is 0 Å². The Labute approximate surface area is 285 Å². The Morgan fingerprint density at radius 2 is 0.750 bits per heavy atom. The van der Waals surface area contributed by atoms with Gasteiger partial charge in [-0.15, -0.1) is 0 Å². The summed E-state index contributed by atoms with van der Waals surface area (Å²) in [5, 5.41) is 6.55. The quantitative estimate of drug-likeness (QED) is 0.127. The predicted octanol–water partition coefficient (Wildman–Crippen LogP) is 12.9. The molecular weight excluding hydrogens is 593 g/mol. The van der Waals surface area contributed by atoms with E-state index in [1.807, 2.05) is 0 Å². The second-order valence-corrected chi connectivity index (χ2v) is 18.8. The van der Waals surface area contributed by atoms with Crippen molar-refractivity contribution < 1.29 is 0 Å². The molecule has 0 radical (unpaired) electrons. The van der Waals surface area contributed by atoms with Gasteiger partial charge in [-0.25, -0.2) is 0 Å². The van der Waals surface area contributed by atoms with Crippen molar-refractivity contribution in [2.24, 2.45) is 0 Å². The number of rotatable bonds is 6. The second kappa shape index (κ2) is 12.3. The van der Waals surface area contributed by atoms with Gasteiger partial charge in [0.05, 0.1) is 8.07 Å². The molecule has 1 heteroatoms. The lowest BCUT2D eigenvalue weighted by molar-refractivity contribution is 1.58. The van der Waals surface area contributed by atoms with Crippen LogP contribution in [0.2, 0.25) is 19.6 Å².